The molecule has 2 N–H and O–H groups in total. The molecule has 2 aromatic heterocycles. The molecule has 2 atom stereocenters. The highest BCUT2D eigenvalue weighted by molar-refractivity contribution is 5.79. The van der Waals surface area contributed by atoms with E-state index in [0.717, 1.165) is 22.1 Å². The van der Waals surface area contributed by atoms with Crippen molar-refractivity contribution in [3.63, 3.8) is 0 Å². The standard InChI is InChI=1S/C21H22N6O2/c1-3-13(2)19(20-22-16-10-6-7-11-17(16)23-20)24-18(28)12-27-21(29)14-8-4-5-9-15(14)25-26-27/h4-11,13,19H,3,12H2,1-2H3,(H,22,23)(H,24,28)/t13-,19-/m0/s1. The molecule has 0 bridgehead atoms. The molecule has 29 heavy (non-hydrogen) atoms. The zero-order valence-electron chi connectivity index (χ0n) is 16.3. The van der Waals surface area contributed by atoms with Crippen LogP contribution in [0, 0.1) is 5.92 Å². The number of fused-ring (bicyclic) bond motifs is 2. The average Bonchev–Trinajstić information content (AvgIpc) is 3.17. The first kappa shape index (κ1) is 18.8. The molecule has 148 valence electrons. The van der Waals surface area contributed by atoms with E-state index in [2.05, 4.69) is 39.4 Å². The van der Waals surface area contributed by atoms with E-state index in [4.69, 9.17) is 0 Å². The second-order valence-electron chi connectivity index (χ2n) is 7.14. The number of hydrogen-bond acceptors (Lipinski definition) is 5. The molecule has 8 nitrogen and oxygen atoms in total. The molecule has 0 unspecified atom stereocenters. The van der Waals surface area contributed by atoms with Gasteiger partial charge in [-0.3, -0.25) is 9.59 Å². The van der Waals surface area contributed by atoms with E-state index in [0.29, 0.717) is 16.7 Å². The van der Waals surface area contributed by atoms with Crippen LogP contribution in [0.15, 0.2) is 53.3 Å². The maximum atomic E-state index is 12.7. The molecule has 4 rings (SSSR count). The van der Waals surface area contributed by atoms with Crippen LogP contribution >= 0.6 is 0 Å². The summed E-state index contributed by atoms with van der Waals surface area (Å²) in [5.41, 5.74) is 1.94. The molecule has 0 radical (unpaired) electrons. The third kappa shape index (κ3) is 3.73. The molecule has 0 saturated carbocycles. The van der Waals surface area contributed by atoms with Gasteiger partial charge in [0.05, 0.1) is 22.5 Å². The van der Waals surface area contributed by atoms with E-state index in [1.807, 2.05) is 24.3 Å². The van der Waals surface area contributed by atoms with Crippen LogP contribution in [-0.4, -0.2) is 30.9 Å². The Balaban J connectivity index is 1.59. The number of carbonyl (C=O) groups excluding carboxylic acids is 1. The molecule has 0 aliphatic heterocycles. The van der Waals surface area contributed by atoms with Gasteiger partial charge in [-0.2, -0.15) is 0 Å². The highest BCUT2D eigenvalue weighted by atomic mass is 16.2. The quantitative estimate of drug-likeness (QED) is 0.526. The molecule has 0 aliphatic carbocycles. The molecule has 2 aromatic carbocycles. The lowest BCUT2D eigenvalue weighted by Crippen LogP contribution is -2.38. The number of imidazole rings is 1. The number of hydrogen-bond donors (Lipinski definition) is 2. The number of rotatable bonds is 6. The zero-order chi connectivity index (χ0) is 20.4. The number of H-pyrrole nitrogens is 1. The molecule has 4 aromatic rings. The fourth-order valence-electron chi connectivity index (χ4n) is 3.32. The lowest BCUT2D eigenvalue weighted by atomic mass is 9.98. The molecule has 2 heterocycles. The van der Waals surface area contributed by atoms with Crippen LogP contribution in [0.25, 0.3) is 21.9 Å². The summed E-state index contributed by atoms with van der Waals surface area (Å²) in [6.45, 7) is 3.91. The van der Waals surface area contributed by atoms with Crippen LogP contribution < -0.4 is 10.9 Å². The summed E-state index contributed by atoms with van der Waals surface area (Å²) in [6, 6.07) is 14.4. The summed E-state index contributed by atoms with van der Waals surface area (Å²) in [6.07, 6.45) is 0.859. The third-order valence-electron chi connectivity index (χ3n) is 5.15. The van der Waals surface area contributed by atoms with Crippen molar-refractivity contribution in [3.8, 4) is 0 Å². The number of amides is 1. The largest absolute Gasteiger partial charge is 0.344 e. The normalized spacial score (nSPS) is 13.4. The molecular formula is C21H22N6O2. The van der Waals surface area contributed by atoms with Crippen molar-refractivity contribution < 1.29 is 4.79 Å². The molecule has 0 saturated heterocycles. The van der Waals surface area contributed by atoms with Gasteiger partial charge in [-0.05, 0) is 30.2 Å². The van der Waals surface area contributed by atoms with Gasteiger partial charge in [0.15, 0.2) is 0 Å². The van der Waals surface area contributed by atoms with Crippen LogP contribution in [0.3, 0.4) is 0 Å². The Hall–Kier alpha value is -3.55. The Morgan fingerprint density at radius 1 is 1.14 bits per heavy atom. The molecule has 8 heteroatoms. The molecule has 0 spiro atoms. The third-order valence-corrected chi connectivity index (χ3v) is 5.15. The van der Waals surface area contributed by atoms with Crippen molar-refractivity contribution in [1.29, 1.82) is 0 Å². The van der Waals surface area contributed by atoms with Gasteiger partial charge in [0.2, 0.25) is 5.91 Å². The number of benzene rings is 2. The number of para-hydroxylation sites is 2. The van der Waals surface area contributed by atoms with Crippen LogP contribution in [0.4, 0.5) is 0 Å². The number of nitrogens with zero attached hydrogens (tertiary/aromatic N) is 4. The van der Waals surface area contributed by atoms with Crippen LogP contribution in [-0.2, 0) is 11.3 Å². The molecule has 0 fully saturated rings. The maximum Gasteiger partial charge on any atom is 0.278 e. The first-order valence-corrected chi connectivity index (χ1v) is 9.63. The Morgan fingerprint density at radius 3 is 2.62 bits per heavy atom. The molecular weight excluding hydrogens is 368 g/mol. The monoisotopic (exact) mass is 390 g/mol. The van der Waals surface area contributed by atoms with Gasteiger partial charge in [-0.25, -0.2) is 9.67 Å². The summed E-state index contributed by atoms with van der Waals surface area (Å²) >= 11 is 0. The summed E-state index contributed by atoms with van der Waals surface area (Å²) in [5.74, 6) is 0.534. The van der Waals surface area contributed by atoms with Crippen molar-refractivity contribution in [1.82, 2.24) is 30.3 Å². The summed E-state index contributed by atoms with van der Waals surface area (Å²) < 4.78 is 1.09. The highest BCUT2D eigenvalue weighted by Crippen LogP contribution is 2.24. The fourth-order valence-corrected chi connectivity index (χ4v) is 3.32. The highest BCUT2D eigenvalue weighted by Gasteiger charge is 2.24. The van der Waals surface area contributed by atoms with Gasteiger partial charge >= 0.3 is 0 Å². The number of aromatic amines is 1. The first-order valence-electron chi connectivity index (χ1n) is 9.63. The number of aromatic nitrogens is 5. The van der Waals surface area contributed by atoms with Crippen molar-refractivity contribution in [3.05, 3.63) is 64.7 Å². The van der Waals surface area contributed by atoms with Gasteiger partial charge in [0, 0.05) is 0 Å². The van der Waals surface area contributed by atoms with Crippen molar-refractivity contribution in [2.45, 2.75) is 32.9 Å². The van der Waals surface area contributed by atoms with E-state index in [-0.39, 0.29) is 30.0 Å². The second-order valence-corrected chi connectivity index (χ2v) is 7.14. The Morgan fingerprint density at radius 2 is 1.86 bits per heavy atom. The van der Waals surface area contributed by atoms with Crippen LogP contribution in [0.5, 0.6) is 0 Å². The second kappa shape index (κ2) is 7.83. The smallest absolute Gasteiger partial charge is 0.278 e. The fraction of sp³-hybridized carbons (Fsp3) is 0.286. The minimum Gasteiger partial charge on any atom is -0.344 e. The topological polar surface area (TPSA) is 106 Å². The molecule has 1 amide bonds. The van der Waals surface area contributed by atoms with Gasteiger partial charge in [0.1, 0.15) is 17.9 Å². The van der Waals surface area contributed by atoms with E-state index in [1.54, 1.807) is 24.3 Å². The summed E-state index contributed by atoms with van der Waals surface area (Å²) in [4.78, 5) is 33.3. The molecule has 0 aliphatic rings. The predicted octanol–water partition coefficient (Wildman–Crippen LogP) is 2.57. The summed E-state index contributed by atoms with van der Waals surface area (Å²) in [5, 5.41) is 11.4. The van der Waals surface area contributed by atoms with Crippen LogP contribution in [0.1, 0.15) is 32.1 Å². The van der Waals surface area contributed by atoms with E-state index < -0.39 is 0 Å². The van der Waals surface area contributed by atoms with E-state index >= 15 is 0 Å². The first-order chi connectivity index (χ1) is 14.1. The predicted molar refractivity (Wildman–Crippen MR) is 110 cm³/mol. The van der Waals surface area contributed by atoms with Gasteiger partial charge in [-0.1, -0.05) is 49.7 Å². The van der Waals surface area contributed by atoms with Crippen LogP contribution in [0.2, 0.25) is 0 Å². The van der Waals surface area contributed by atoms with Crippen molar-refractivity contribution in [2.75, 3.05) is 0 Å². The van der Waals surface area contributed by atoms with E-state index in [1.165, 1.54) is 0 Å². The summed E-state index contributed by atoms with van der Waals surface area (Å²) in [7, 11) is 0. The Labute approximate surface area is 167 Å². The number of nitrogens with one attached hydrogen (secondary N) is 2. The van der Waals surface area contributed by atoms with Gasteiger partial charge < -0.3 is 10.3 Å². The number of carbonyl (C=O) groups is 1. The minimum atomic E-state index is -0.338. The SMILES string of the molecule is CC[C@H](C)[C@H](NC(=O)Cn1nnc2ccccc2c1=O)c1nc2ccccc2[nH]1. The maximum absolute atomic E-state index is 12.7. The van der Waals surface area contributed by atoms with Crippen molar-refractivity contribution in [2.24, 2.45) is 5.92 Å². The van der Waals surface area contributed by atoms with Gasteiger partial charge in [-0.15, -0.1) is 5.10 Å². The Kier molecular flexibility index (Phi) is 5.07. The van der Waals surface area contributed by atoms with Crippen molar-refractivity contribution >= 4 is 27.8 Å². The van der Waals surface area contributed by atoms with E-state index in [9.17, 15) is 9.59 Å². The lowest BCUT2D eigenvalue weighted by molar-refractivity contribution is -0.123. The zero-order valence-corrected chi connectivity index (χ0v) is 16.3. The van der Waals surface area contributed by atoms with Gasteiger partial charge in [0.25, 0.3) is 5.56 Å². The average molecular weight is 390 g/mol. The lowest BCUT2D eigenvalue weighted by Gasteiger charge is -2.22. The Bertz CT molecular complexity index is 1200. The minimum absolute atomic E-state index is 0.152.